The summed E-state index contributed by atoms with van der Waals surface area (Å²) in [6, 6.07) is -0.220. The Morgan fingerprint density at radius 2 is 1.79 bits per heavy atom. The largest absolute Gasteiger partial charge is 0.349 e. The molecule has 1 amide bonds. The molecule has 0 aromatic carbocycles. The number of amides is 1. The predicted molar refractivity (Wildman–Crippen MR) is 52.3 cm³/mol. The molecule has 14 heavy (non-hydrogen) atoms. The van der Waals surface area contributed by atoms with E-state index in [-0.39, 0.29) is 6.04 Å². The summed E-state index contributed by atoms with van der Waals surface area (Å²) in [6.07, 6.45) is 0.941. The standard InChI is InChI=1S/C8H13F2NO.C2H6/c1-5(2)11-7(12)8(9,10)6-3-4-6;1-2/h5-6H,3-4H2,1-2H3,(H,11,12);1-2H3. The zero-order valence-electron chi connectivity index (χ0n) is 9.23. The number of halogens is 2. The van der Waals surface area contributed by atoms with Gasteiger partial charge in [-0.2, -0.15) is 8.78 Å². The van der Waals surface area contributed by atoms with Crippen LogP contribution in [0.15, 0.2) is 0 Å². The van der Waals surface area contributed by atoms with Gasteiger partial charge in [0.2, 0.25) is 0 Å². The van der Waals surface area contributed by atoms with Crippen LogP contribution in [0.5, 0.6) is 0 Å². The average Bonchev–Trinajstić information content (AvgIpc) is 2.88. The molecule has 2 nitrogen and oxygen atoms in total. The van der Waals surface area contributed by atoms with Crippen LogP contribution in [0.2, 0.25) is 0 Å². The summed E-state index contributed by atoms with van der Waals surface area (Å²) >= 11 is 0. The molecule has 0 unspecified atom stereocenters. The van der Waals surface area contributed by atoms with Gasteiger partial charge in [-0.25, -0.2) is 0 Å². The molecule has 0 bridgehead atoms. The smallest absolute Gasteiger partial charge is 0.327 e. The van der Waals surface area contributed by atoms with Crippen LogP contribution in [0, 0.1) is 5.92 Å². The van der Waals surface area contributed by atoms with Gasteiger partial charge in [-0.3, -0.25) is 4.79 Å². The van der Waals surface area contributed by atoms with Gasteiger partial charge in [0, 0.05) is 12.0 Å². The predicted octanol–water partition coefficient (Wildman–Crippen LogP) is 2.58. The first kappa shape index (κ1) is 13.3. The van der Waals surface area contributed by atoms with Gasteiger partial charge in [0.1, 0.15) is 0 Å². The summed E-state index contributed by atoms with van der Waals surface area (Å²) in [4.78, 5) is 10.9. The van der Waals surface area contributed by atoms with Crippen LogP contribution in [0.4, 0.5) is 8.78 Å². The van der Waals surface area contributed by atoms with Gasteiger partial charge in [-0.05, 0) is 26.7 Å². The topological polar surface area (TPSA) is 29.1 Å². The maximum atomic E-state index is 13.0. The maximum Gasteiger partial charge on any atom is 0.327 e. The van der Waals surface area contributed by atoms with Gasteiger partial charge in [0.25, 0.3) is 5.91 Å². The van der Waals surface area contributed by atoms with Crippen LogP contribution < -0.4 is 5.32 Å². The lowest BCUT2D eigenvalue weighted by Gasteiger charge is -2.16. The Kier molecular flexibility index (Phi) is 5.02. The second-order valence-corrected chi connectivity index (χ2v) is 3.53. The Bertz CT molecular complexity index is 189. The maximum absolute atomic E-state index is 13.0. The van der Waals surface area contributed by atoms with E-state index in [2.05, 4.69) is 5.32 Å². The number of hydrogen-bond acceptors (Lipinski definition) is 1. The minimum Gasteiger partial charge on any atom is -0.349 e. The fourth-order valence-electron chi connectivity index (χ4n) is 0.990. The Hall–Kier alpha value is -0.670. The van der Waals surface area contributed by atoms with E-state index in [1.807, 2.05) is 13.8 Å². The molecular weight excluding hydrogens is 188 g/mol. The molecule has 0 aliphatic heterocycles. The summed E-state index contributed by atoms with van der Waals surface area (Å²) in [6.45, 7) is 7.34. The van der Waals surface area contributed by atoms with Crippen LogP contribution in [-0.2, 0) is 4.79 Å². The van der Waals surface area contributed by atoms with Crippen molar-refractivity contribution in [3.8, 4) is 0 Å². The van der Waals surface area contributed by atoms with Gasteiger partial charge >= 0.3 is 5.92 Å². The first-order valence-electron chi connectivity index (χ1n) is 5.13. The van der Waals surface area contributed by atoms with E-state index in [0.29, 0.717) is 12.8 Å². The molecule has 4 heteroatoms. The quantitative estimate of drug-likeness (QED) is 0.757. The molecular formula is C10H19F2NO. The Balaban J connectivity index is 0.000000791. The number of carbonyl (C=O) groups excluding carboxylic acids is 1. The van der Waals surface area contributed by atoms with E-state index in [1.54, 1.807) is 13.8 Å². The van der Waals surface area contributed by atoms with Crippen molar-refractivity contribution in [3.63, 3.8) is 0 Å². The van der Waals surface area contributed by atoms with Crippen LogP contribution in [0.1, 0.15) is 40.5 Å². The lowest BCUT2D eigenvalue weighted by Crippen LogP contribution is -2.44. The van der Waals surface area contributed by atoms with Gasteiger partial charge in [-0.15, -0.1) is 0 Å². The highest BCUT2D eigenvalue weighted by Crippen LogP contribution is 2.43. The molecule has 1 fully saturated rings. The summed E-state index contributed by atoms with van der Waals surface area (Å²) in [7, 11) is 0. The summed E-state index contributed by atoms with van der Waals surface area (Å²) in [5, 5.41) is 2.22. The van der Waals surface area contributed by atoms with Crippen molar-refractivity contribution >= 4 is 5.91 Å². The summed E-state index contributed by atoms with van der Waals surface area (Å²) < 4.78 is 25.9. The molecule has 0 heterocycles. The Morgan fingerprint density at radius 3 is 2.07 bits per heavy atom. The molecule has 0 aromatic rings. The highest BCUT2D eigenvalue weighted by atomic mass is 19.3. The second-order valence-electron chi connectivity index (χ2n) is 3.53. The molecule has 1 N–H and O–H groups in total. The summed E-state index contributed by atoms with van der Waals surface area (Å²) in [5.74, 6) is -4.99. The average molecular weight is 207 g/mol. The normalized spacial score (nSPS) is 15.9. The minimum atomic E-state index is -3.15. The fraction of sp³-hybridized carbons (Fsp3) is 0.900. The lowest BCUT2D eigenvalue weighted by atomic mass is 10.2. The molecule has 1 saturated carbocycles. The van der Waals surface area contributed by atoms with E-state index in [1.165, 1.54) is 0 Å². The van der Waals surface area contributed by atoms with Gasteiger partial charge in [-0.1, -0.05) is 13.8 Å². The summed E-state index contributed by atoms with van der Waals surface area (Å²) in [5.41, 5.74) is 0. The van der Waals surface area contributed by atoms with Crippen molar-refractivity contribution in [3.05, 3.63) is 0 Å². The molecule has 0 aromatic heterocycles. The third-order valence-corrected chi connectivity index (χ3v) is 1.81. The van der Waals surface area contributed by atoms with Crippen LogP contribution in [0.25, 0.3) is 0 Å². The van der Waals surface area contributed by atoms with Gasteiger partial charge < -0.3 is 5.32 Å². The molecule has 84 valence electrons. The van der Waals surface area contributed by atoms with Crippen molar-refractivity contribution in [1.82, 2.24) is 5.32 Å². The van der Waals surface area contributed by atoms with Crippen molar-refractivity contribution in [1.29, 1.82) is 0 Å². The third-order valence-electron chi connectivity index (χ3n) is 1.81. The monoisotopic (exact) mass is 207 g/mol. The van der Waals surface area contributed by atoms with E-state index in [4.69, 9.17) is 0 Å². The third kappa shape index (κ3) is 3.60. The number of rotatable bonds is 3. The number of alkyl halides is 2. The molecule has 1 rings (SSSR count). The second kappa shape index (κ2) is 5.27. The first-order chi connectivity index (χ1) is 6.44. The molecule has 0 spiro atoms. The van der Waals surface area contributed by atoms with E-state index < -0.39 is 17.7 Å². The zero-order valence-corrected chi connectivity index (χ0v) is 9.23. The molecule has 1 aliphatic carbocycles. The van der Waals surface area contributed by atoms with E-state index in [0.717, 1.165) is 0 Å². The van der Waals surface area contributed by atoms with Crippen molar-refractivity contribution < 1.29 is 13.6 Å². The van der Waals surface area contributed by atoms with E-state index in [9.17, 15) is 13.6 Å². The van der Waals surface area contributed by atoms with E-state index >= 15 is 0 Å². The highest BCUT2D eigenvalue weighted by Gasteiger charge is 2.52. The minimum absolute atomic E-state index is 0.220. The van der Waals surface area contributed by atoms with Crippen molar-refractivity contribution in [2.24, 2.45) is 5.92 Å². The number of nitrogens with one attached hydrogen (secondary N) is 1. The first-order valence-corrected chi connectivity index (χ1v) is 5.13. The van der Waals surface area contributed by atoms with Crippen LogP contribution in [0.3, 0.4) is 0 Å². The van der Waals surface area contributed by atoms with Crippen molar-refractivity contribution in [2.45, 2.75) is 52.5 Å². The van der Waals surface area contributed by atoms with Crippen molar-refractivity contribution in [2.75, 3.05) is 0 Å². The Morgan fingerprint density at radius 1 is 1.36 bits per heavy atom. The molecule has 0 atom stereocenters. The SMILES string of the molecule is CC.CC(C)NC(=O)C(F)(F)C1CC1. The molecule has 0 radical (unpaired) electrons. The number of hydrogen-bond donors (Lipinski definition) is 1. The fourth-order valence-corrected chi connectivity index (χ4v) is 0.990. The Labute approximate surface area is 84.1 Å². The van der Waals surface area contributed by atoms with Crippen LogP contribution >= 0.6 is 0 Å². The zero-order chi connectivity index (χ0) is 11.4. The molecule has 0 saturated heterocycles. The van der Waals surface area contributed by atoms with Crippen LogP contribution in [-0.4, -0.2) is 17.9 Å². The highest BCUT2D eigenvalue weighted by molar-refractivity contribution is 5.84. The number of carbonyl (C=O) groups is 1. The van der Waals surface area contributed by atoms with Gasteiger partial charge in [0.05, 0.1) is 0 Å². The lowest BCUT2D eigenvalue weighted by molar-refractivity contribution is -0.149. The van der Waals surface area contributed by atoms with Gasteiger partial charge in [0.15, 0.2) is 0 Å². The molecule has 1 aliphatic rings.